The molecule has 0 saturated carbocycles. The second kappa shape index (κ2) is 8.82. The summed E-state index contributed by atoms with van der Waals surface area (Å²) in [7, 11) is 0. The van der Waals surface area contributed by atoms with Gasteiger partial charge in [-0.25, -0.2) is 4.39 Å². The number of hydrogen-bond donors (Lipinski definition) is 2. The Balaban J connectivity index is 2.16. The number of carbonyl (C=O) groups is 1. The molecule has 0 aromatic heterocycles. The van der Waals surface area contributed by atoms with Crippen molar-refractivity contribution >= 4 is 11.7 Å². The first-order chi connectivity index (χ1) is 11.6. The summed E-state index contributed by atoms with van der Waals surface area (Å²) >= 11 is 0. The molecule has 2 N–H and O–H groups in total. The van der Waals surface area contributed by atoms with E-state index < -0.39 is 11.8 Å². The van der Waals surface area contributed by atoms with E-state index in [0.717, 1.165) is 18.4 Å². The standard InChI is InChI=1S/C19H20FNO3/c20-15-10-11-17(22)16(13-15)19(14-7-3-1-4-8-14)21-12-6-2-5-9-18(23)24/h1,3-4,7-8,10-11,13,22H,2,5-6,9,12H2,(H,23,24). The highest BCUT2D eigenvalue weighted by Gasteiger charge is 2.12. The van der Waals surface area contributed by atoms with Crippen LogP contribution in [0.3, 0.4) is 0 Å². The third kappa shape index (κ3) is 5.19. The lowest BCUT2D eigenvalue weighted by molar-refractivity contribution is -0.137. The molecule has 126 valence electrons. The van der Waals surface area contributed by atoms with E-state index in [4.69, 9.17) is 5.11 Å². The first kappa shape index (κ1) is 17.7. The average molecular weight is 329 g/mol. The maximum atomic E-state index is 13.6. The lowest BCUT2D eigenvalue weighted by atomic mass is 10.0. The van der Waals surface area contributed by atoms with Crippen molar-refractivity contribution < 1.29 is 19.4 Å². The molecule has 24 heavy (non-hydrogen) atoms. The van der Waals surface area contributed by atoms with E-state index in [2.05, 4.69) is 4.99 Å². The van der Waals surface area contributed by atoms with Crippen molar-refractivity contribution in [1.29, 1.82) is 0 Å². The Morgan fingerprint density at radius 2 is 1.79 bits per heavy atom. The zero-order valence-corrected chi connectivity index (χ0v) is 13.3. The van der Waals surface area contributed by atoms with Crippen molar-refractivity contribution in [1.82, 2.24) is 0 Å². The first-order valence-electron chi connectivity index (χ1n) is 7.88. The van der Waals surface area contributed by atoms with Crippen LogP contribution in [0.15, 0.2) is 53.5 Å². The molecule has 0 atom stereocenters. The van der Waals surface area contributed by atoms with Crippen LogP contribution >= 0.6 is 0 Å². The highest BCUT2D eigenvalue weighted by atomic mass is 19.1. The quantitative estimate of drug-likeness (QED) is 0.568. The summed E-state index contributed by atoms with van der Waals surface area (Å²) in [6.45, 7) is 0.486. The zero-order chi connectivity index (χ0) is 17.4. The largest absolute Gasteiger partial charge is 0.507 e. The Morgan fingerprint density at radius 1 is 1.04 bits per heavy atom. The number of carboxylic acid groups (broad SMARTS) is 1. The molecule has 0 aliphatic rings. The third-order valence-electron chi connectivity index (χ3n) is 3.58. The van der Waals surface area contributed by atoms with Crippen LogP contribution in [0.25, 0.3) is 0 Å². The van der Waals surface area contributed by atoms with Crippen molar-refractivity contribution in [2.75, 3.05) is 6.54 Å². The van der Waals surface area contributed by atoms with E-state index >= 15 is 0 Å². The summed E-state index contributed by atoms with van der Waals surface area (Å²) in [5.41, 5.74) is 1.68. The van der Waals surface area contributed by atoms with Gasteiger partial charge in [0.2, 0.25) is 0 Å². The van der Waals surface area contributed by atoms with Crippen LogP contribution in [-0.4, -0.2) is 28.4 Å². The van der Waals surface area contributed by atoms with Crippen LogP contribution in [0, 0.1) is 5.82 Å². The number of phenols is 1. The second-order valence-electron chi connectivity index (χ2n) is 5.46. The third-order valence-corrected chi connectivity index (χ3v) is 3.58. The molecule has 0 unspecified atom stereocenters. The molecule has 0 bridgehead atoms. The van der Waals surface area contributed by atoms with Crippen molar-refractivity contribution in [2.24, 2.45) is 4.99 Å². The maximum Gasteiger partial charge on any atom is 0.303 e. The Labute approximate surface area is 140 Å². The van der Waals surface area contributed by atoms with Gasteiger partial charge in [0.05, 0.1) is 5.71 Å². The van der Waals surface area contributed by atoms with E-state index in [9.17, 15) is 14.3 Å². The predicted molar refractivity (Wildman–Crippen MR) is 91.1 cm³/mol. The molecule has 2 rings (SSSR count). The van der Waals surface area contributed by atoms with Crippen LogP contribution in [-0.2, 0) is 4.79 Å². The number of phenolic OH excluding ortho intramolecular Hbond substituents is 1. The molecule has 2 aromatic carbocycles. The number of unbranched alkanes of at least 4 members (excludes halogenated alkanes) is 2. The SMILES string of the molecule is O=C(O)CCCCCN=C(c1ccccc1)c1cc(F)ccc1O. The van der Waals surface area contributed by atoms with Gasteiger partial charge in [0, 0.05) is 24.1 Å². The molecule has 0 aliphatic carbocycles. The minimum atomic E-state index is -0.798. The number of halogens is 1. The fourth-order valence-corrected chi connectivity index (χ4v) is 2.38. The first-order valence-corrected chi connectivity index (χ1v) is 7.88. The molecule has 2 aromatic rings. The van der Waals surface area contributed by atoms with Gasteiger partial charge in [-0.3, -0.25) is 9.79 Å². The number of aliphatic imine (C=N–C) groups is 1. The summed E-state index contributed by atoms with van der Waals surface area (Å²) in [6, 6.07) is 13.1. The molecular formula is C19H20FNO3. The van der Waals surface area contributed by atoms with Crippen molar-refractivity contribution in [3.63, 3.8) is 0 Å². The topological polar surface area (TPSA) is 69.9 Å². The van der Waals surface area contributed by atoms with Crippen molar-refractivity contribution in [3.05, 3.63) is 65.5 Å². The molecule has 0 radical (unpaired) electrons. The number of benzene rings is 2. The van der Waals surface area contributed by atoms with Crippen LogP contribution in [0.4, 0.5) is 4.39 Å². The molecule has 0 fully saturated rings. The van der Waals surface area contributed by atoms with E-state index in [-0.39, 0.29) is 12.2 Å². The van der Waals surface area contributed by atoms with Crippen molar-refractivity contribution in [3.8, 4) is 5.75 Å². The molecule has 0 heterocycles. The van der Waals surface area contributed by atoms with Gasteiger partial charge in [-0.1, -0.05) is 36.8 Å². The van der Waals surface area contributed by atoms with Crippen LogP contribution < -0.4 is 0 Å². The van der Waals surface area contributed by atoms with Crippen molar-refractivity contribution in [2.45, 2.75) is 25.7 Å². The number of rotatable bonds is 8. The van der Waals surface area contributed by atoms with Gasteiger partial charge in [0.25, 0.3) is 0 Å². The molecule has 0 saturated heterocycles. The Hall–Kier alpha value is -2.69. The maximum absolute atomic E-state index is 13.6. The summed E-state index contributed by atoms with van der Waals surface area (Å²) in [5.74, 6) is -1.26. The highest BCUT2D eigenvalue weighted by Crippen LogP contribution is 2.22. The Bertz CT molecular complexity index is 714. The van der Waals surface area contributed by atoms with Gasteiger partial charge in [-0.15, -0.1) is 0 Å². The second-order valence-corrected chi connectivity index (χ2v) is 5.46. The van der Waals surface area contributed by atoms with E-state index in [0.29, 0.717) is 24.2 Å². The zero-order valence-electron chi connectivity index (χ0n) is 13.3. The average Bonchev–Trinajstić information content (AvgIpc) is 2.57. The summed E-state index contributed by atoms with van der Waals surface area (Å²) in [5, 5.41) is 18.7. The molecule has 0 aliphatic heterocycles. The smallest absolute Gasteiger partial charge is 0.303 e. The molecule has 0 spiro atoms. The van der Waals surface area contributed by atoms with Gasteiger partial charge < -0.3 is 10.2 Å². The number of hydrogen-bond acceptors (Lipinski definition) is 3. The number of aromatic hydroxyl groups is 1. The molecule has 0 amide bonds. The lowest BCUT2D eigenvalue weighted by Gasteiger charge is -2.10. The fourth-order valence-electron chi connectivity index (χ4n) is 2.38. The summed E-state index contributed by atoms with van der Waals surface area (Å²) < 4.78 is 13.6. The number of carboxylic acids is 1. The lowest BCUT2D eigenvalue weighted by Crippen LogP contribution is -2.06. The Kier molecular flexibility index (Phi) is 6.49. The fraction of sp³-hybridized carbons (Fsp3) is 0.263. The van der Waals surface area contributed by atoms with Gasteiger partial charge in [-0.05, 0) is 31.0 Å². The summed E-state index contributed by atoms with van der Waals surface area (Å²) in [6.07, 6.45) is 2.25. The minimum Gasteiger partial charge on any atom is -0.507 e. The van der Waals surface area contributed by atoms with E-state index in [1.807, 2.05) is 30.3 Å². The minimum absolute atomic E-state index is 0.0233. The van der Waals surface area contributed by atoms with E-state index in [1.165, 1.54) is 18.2 Å². The normalized spacial score (nSPS) is 11.5. The molecular weight excluding hydrogens is 309 g/mol. The monoisotopic (exact) mass is 329 g/mol. The predicted octanol–water partition coefficient (Wildman–Crippen LogP) is 4.01. The Morgan fingerprint density at radius 3 is 2.50 bits per heavy atom. The number of aliphatic carboxylic acids is 1. The highest BCUT2D eigenvalue weighted by molar-refractivity contribution is 6.14. The van der Waals surface area contributed by atoms with Gasteiger partial charge in [0.15, 0.2) is 0 Å². The molecule has 4 nitrogen and oxygen atoms in total. The van der Waals surface area contributed by atoms with Gasteiger partial charge in [0.1, 0.15) is 11.6 Å². The van der Waals surface area contributed by atoms with Crippen LogP contribution in [0.5, 0.6) is 5.75 Å². The molecule has 5 heteroatoms. The van der Waals surface area contributed by atoms with Gasteiger partial charge in [-0.2, -0.15) is 0 Å². The van der Waals surface area contributed by atoms with Crippen LogP contribution in [0.1, 0.15) is 36.8 Å². The van der Waals surface area contributed by atoms with E-state index in [1.54, 1.807) is 0 Å². The van der Waals surface area contributed by atoms with Crippen LogP contribution in [0.2, 0.25) is 0 Å². The van der Waals surface area contributed by atoms with Gasteiger partial charge >= 0.3 is 5.97 Å². The number of nitrogens with zero attached hydrogens (tertiary/aromatic N) is 1. The summed E-state index contributed by atoms with van der Waals surface area (Å²) in [4.78, 5) is 15.0.